The molecule has 0 aliphatic carbocycles. The molecule has 0 bridgehead atoms. The van der Waals surface area contributed by atoms with E-state index in [1.165, 1.54) is 5.56 Å². The number of hydrogen-bond acceptors (Lipinski definition) is 4. The van der Waals surface area contributed by atoms with Gasteiger partial charge in [-0.25, -0.2) is 4.79 Å². The lowest BCUT2D eigenvalue weighted by molar-refractivity contribution is -0.670. The fourth-order valence-corrected chi connectivity index (χ4v) is 1.71. The van der Waals surface area contributed by atoms with Crippen molar-refractivity contribution in [2.45, 2.75) is 39.7 Å². The van der Waals surface area contributed by atoms with Crippen LogP contribution in [0.2, 0.25) is 0 Å². The molecule has 0 aliphatic rings. The zero-order valence-electron chi connectivity index (χ0n) is 12.7. The van der Waals surface area contributed by atoms with Gasteiger partial charge in [0.15, 0.2) is 0 Å². The number of amides is 1. The van der Waals surface area contributed by atoms with Crippen molar-refractivity contribution < 1.29 is 18.7 Å². The van der Waals surface area contributed by atoms with Gasteiger partial charge in [-0.2, -0.15) is 0 Å². The lowest BCUT2D eigenvalue weighted by Crippen LogP contribution is -2.31. The van der Waals surface area contributed by atoms with Crippen LogP contribution in [-0.4, -0.2) is 17.0 Å². The van der Waals surface area contributed by atoms with Crippen LogP contribution in [0.5, 0.6) is 0 Å². The second kappa shape index (κ2) is 5.95. The van der Waals surface area contributed by atoms with Gasteiger partial charge in [-0.1, -0.05) is 19.1 Å². The first-order chi connectivity index (χ1) is 9.87. The van der Waals surface area contributed by atoms with Gasteiger partial charge < -0.3 is 4.74 Å². The highest BCUT2D eigenvalue weighted by atomic mass is 16.6. The number of ether oxygens (including phenoxy) is 1. The summed E-state index contributed by atoms with van der Waals surface area (Å²) in [6.07, 6.45) is 1.99. The smallest absolute Gasteiger partial charge is 0.414 e. The molecular formula is C15H20N3O3+. The Kier molecular flexibility index (Phi) is 4.26. The molecule has 0 aliphatic heterocycles. The molecule has 6 nitrogen and oxygen atoms in total. The minimum absolute atomic E-state index is 0.226. The SMILES string of the molecule is CCc1ccc(-[n+]2cc(NC(=O)OC(C)(C)C)on2)cc1. The minimum atomic E-state index is -0.577. The van der Waals surface area contributed by atoms with Gasteiger partial charge in [0.2, 0.25) is 11.0 Å². The standard InChI is InChI=1S/C15H19N3O3/c1-5-11-6-8-12(9-7-11)18-10-13(21-17-18)16-14(19)20-15(2,3)4/h6-10H,5H2,1-4H3/p+1. The number of carbonyl (C=O) groups excluding carboxylic acids is 1. The van der Waals surface area contributed by atoms with Gasteiger partial charge in [-0.05, 0) is 37.4 Å². The number of rotatable bonds is 3. The molecule has 0 radical (unpaired) electrons. The number of benzene rings is 1. The van der Waals surface area contributed by atoms with Crippen LogP contribution >= 0.6 is 0 Å². The zero-order chi connectivity index (χ0) is 15.5. The molecule has 1 aromatic heterocycles. The van der Waals surface area contributed by atoms with E-state index in [0.29, 0.717) is 0 Å². The van der Waals surface area contributed by atoms with Crippen LogP contribution < -0.4 is 10.00 Å². The molecule has 2 aromatic rings. The van der Waals surface area contributed by atoms with E-state index in [-0.39, 0.29) is 5.88 Å². The summed E-state index contributed by atoms with van der Waals surface area (Å²) in [5.41, 5.74) is 1.54. The van der Waals surface area contributed by atoms with Crippen molar-refractivity contribution in [3.63, 3.8) is 0 Å². The lowest BCUT2D eigenvalue weighted by atomic mass is 10.1. The number of aromatic nitrogens is 2. The molecule has 2 rings (SSSR count). The van der Waals surface area contributed by atoms with E-state index in [0.717, 1.165) is 12.1 Å². The molecule has 1 aromatic carbocycles. The summed E-state index contributed by atoms with van der Waals surface area (Å²) in [7, 11) is 0. The second-order valence-corrected chi connectivity index (χ2v) is 5.66. The summed E-state index contributed by atoms with van der Waals surface area (Å²) < 4.78 is 11.7. The van der Waals surface area contributed by atoms with Crippen molar-refractivity contribution in [2.75, 3.05) is 5.32 Å². The fourth-order valence-electron chi connectivity index (χ4n) is 1.71. The van der Waals surface area contributed by atoms with Gasteiger partial charge in [0.1, 0.15) is 5.60 Å². The Labute approximate surface area is 123 Å². The van der Waals surface area contributed by atoms with Crippen LogP contribution in [0.1, 0.15) is 33.3 Å². The maximum Gasteiger partial charge on any atom is 0.414 e. The van der Waals surface area contributed by atoms with E-state index in [1.807, 2.05) is 24.3 Å². The maximum absolute atomic E-state index is 11.6. The lowest BCUT2D eigenvalue weighted by Gasteiger charge is -2.18. The van der Waals surface area contributed by atoms with E-state index >= 15 is 0 Å². The summed E-state index contributed by atoms with van der Waals surface area (Å²) in [5, 5.41) is 6.36. The average molecular weight is 290 g/mol. The predicted molar refractivity (Wildman–Crippen MR) is 77.3 cm³/mol. The Balaban J connectivity index is 2.05. The van der Waals surface area contributed by atoms with Crippen molar-refractivity contribution in [3.05, 3.63) is 36.0 Å². The van der Waals surface area contributed by atoms with Crippen LogP contribution in [0.4, 0.5) is 10.7 Å². The third kappa shape index (κ3) is 4.30. The molecule has 0 spiro atoms. The van der Waals surface area contributed by atoms with Crippen LogP contribution in [0.25, 0.3) is 5.69 Å². The fraction of sp³-hybridized carbons (Fsp3) is 0.400. The largest absolute Gasteiger partial charge is 0.444 e. The van der Waals surface area contributed by atoms with Gasteiger partial charge in [-0.15, -0.1) is 0 Å². The highest BCUT2D eigenvalue weighted by molar-refractivity contribution is 5.82. The molecule has 6 heteroatoms. The van der Waals surface area contributed by atoms with Crippen molar-refractivity contribution >= 4 is 12.0 Å². The van der Waals surface area contributed by atoms with Crippen LogP contribution in [0, 0.1) is 0 Å². The Morgan fingerprint density at radius 3 is 2.57 bits per heavy atom. The van der Waals surface area contributed by atoms with E-state index in [9.17, 15) is 4.79 Å². The minimum Gasteiger partial charge on any atom is -0.444 e. The molecule has 21 heavy (non-hydrogen) atoms. The Morgan fingerprint density at radius 1 is 1.33 bits per heavy atom. The quantitative estimate of drug-likeness (QED) is 0.883. The maximum atomic E-state index is 11.6. The van der Waals surface area contributed by atoms with Crippen molar-refractivity contribution in [1.82, 2.24) is 5.27 Å². The highest BCUT2D eigenvalue weighted by Crippen LogP contribution is 2.11. The number of nitrogens with one attached hydrogen (secondary N) is 1. The molecule has 1 heterocycles. The number of hydrogen-bond donors (Lipinski definition) is 1. The third-order valence-corrected chi connectivity index (χ3v) is 2.70. The van der Waals surface area contributed by atoms with Gasteiger partial charge in [0.25, 0.3) is 6.20 Å². The Morgan fingerprint density at radius 2 is 2.00 bits per heavy atom. The molecular weight excluding hydrogens is 270 g/mol. The molecule has 0 saturated heterocycles. The van der Waals surface area contributed by atoms with Crippen LogP contribution in [-0.2, 0) is 11.2 Å². The van der Waals surface area contributed by atoms with E-state index in [4.69, 9.17) is 9.26 Å². The topological polar surface area (TPSA) is 68.2 Å². The number of aryl methyl sites for hydroxylation is 1. The van der Waals surface area contributed by atoms with Crippen LogP contribution in [0.15, 0.2) is 35.0 Å². The summed E-state index contributed by atoms with van der Waals surface area (Å²) in [4.78, 5) is 11.6. The Bertz CT molecular complexity index is 612. The van der Waals surface area contributed by atoms with E-state index in [1.54, 1.807) is 31.6 Å². The first kappa shape index (κ1) is 15.0. The average Bonchev–Trinajstić information content (AvgIpc) is 2.85. The second-order valence-electron chi connectivity index (χ2n) is 5.66. The van der Waals surface area contributed by atoms with E-state index < -0.39 is 11.7 Å². The molecule has 0 saturated carbocycles. The third-order valence-electron chi connectivity index (χ3n) is 2.70. The molecule has 0 unspecified atom stereocenters. The van der Waals surface area contributed by atoms with E-state index in [2.05, 4.69) is 17.5 Å². The summed E-state index contributed by atoms with van der Waals surface area (Å²) in [5.74, 6) is 0.226. The highest BCUT2D eigenvalue weighted by Gasteiger charge is 2.20. The normalized spacial score (nSPS) is 11.2. The molecule has 112 valence electrons. The molecule has 0 fully saturated rings. The number of nitrogens with zero attached hydrogens (tertiary/aromatic N) is 2. The Hall–Kier alpha value is -2.37. The van der Waals surface area contributed by atoms with Gasteiger partial charge in [0.05, 0.1) is 0 Å². The van der Waals surface area contributed by atoms with Crippen molar-refractivity contribution in [2.24, 2.45) is 0 Å². The van der Waals surface area contributed by atoms with Gasteiger partial charge in [-0.3, -0.25) is 9.84 Å². The van der Waals surface area contributed by atoms with Gasteiger partial charge >= 0.3 is 12.0 Å². The van der Waals surface area contributed by atoms with Gasteiger partial charge in [0, 0.05) is 12.1 Å². The first-order valence-corrected chi connectivity index (χ1v) is 6.85. The molecule has 1 N–H and O–H groups in total. The predicted octanol–water partition coefficient (Wildman–Crippen LogP) is 2.86. The first-order valence-electron chi connectivity index (χ1n) is 6.85. The van der Waals surface area contributed by atoms with Crippen molar-refractivity contribution in [3.8, 4) is 5.69 Å². The summed E-state index contributed by atoms with van der Waals surface area (Å²) in [6, 6.07) is 7.94. The van der Waals surface area contributed by atoms with Crippen LogP contribution in [0.3, 0.4) is 0 Å². The monoisotopic (exact) mass is 290 g/mol. The number of carbonyl (C=O) groups is 1. The zero-order valence-corrected chi connectivity index (χ0v) is 12.7. The molecule has 1 amide bonds. The summed E-state index contributed by atoms with van der Waals surface area (Å²) >= 11 is 0. The molecule has 0 atom stereocenters. The van der Waals surface area contributed by atoms with Crippen molar-refractivity contribution in [1.29, 1.82) is 0 Å². The number of anilines is 1. The summed E-state index contributed by atoms with van der Waals surface area (Å²) in [6.45, 7) is 7.48.